The van der Waals surface area contributed by atoms with Gasteiger partial charge in [-0.05, 0) is 63.5 Å². The quantitative estimate of drug-likeness (QED) is 0.250. The number of hydrogen-bond acceptors (Lipinski definition) is 7. The summed E-state index contributed by atoms with van der Waals surface area (Å²) in [5, 5.41) is 0.960. The normalized spacial score (nSPS) is 11.3. The topological polar surface area (TPSA) is 91.8 Å². The molecule has 0 saturated carbocycles. The summed E-state index contributed by atoms with van der Waals surface area (Å²) in [6.07, 6.45) is 0.678. The summed E-state index contributed by atoms with van der Waals surface area (Å²) < 4.78 is 34.7. The Hall–Kier alpha value is -2.89. The second kappa shape index (κ2) is 12.8. The Bertz CT molecular complexity index is 1510. The van der Waals surface area contributed by atoms with Gasteiger partial charge in [0.2, 0.25) is 0 Å². The van der Waals surface area contributed by atoms with Gasteiger partial charge in [-0.2, -0.15) is 0 Å². The van der Waals surface area contributed by atoms with Crippen LogP contribution in [-0.4, -0.2) is 58.5 Å². The zero-order chi connectivity index (χ0) is 26.6. The molecule has 0 aliphatic heterocycles. The number of sulfonamides is 1. The van der Waals surface area contributed by atoms with Gasteiger partial charge in [0.05, 0.1) is 33.0 Å². The molecule has 0 unspecified atom stereocenters. The highest BCUT2D eigenvalue weighted by molar-refractivity contribution is 7.92. The van der Waals surface area contributed by atoms with Crippen LogP contribution in [0, 0.1) is 0 Å². The molecule has 0 bridgehead atoms. The van der Waals surface area contributed by atoms with Gasteiger partial charge >= 0.3 is 0 Å². The number of methoxy groups -OCH3 is 1. The number of carbonyl (C=O) groups is 1. The van der Waals surface area contributed by atoms with Gasteiger partial charge in [-0.3, -0.25) is 14.4 Å². The molecule has 0 atom stereocenters. The first-order valence-electron chi connectivity index (χ1n) is 11.5. The molecule has 4 aromatic rings. The minimum absolute atomic E-state index is 0. The summed E-state index contributed by atoms with van der Waals surface area (Å²) >= 11 is 7.72. The summed E-state index contributed by atoms with van der Waals surface area (Å²) in [5.74, 6) is 0.179. The van der Waals surface area contributed by atoms with Crippen molar-refractivity contribution in [1.29, 1.82) is 0 Å². The summed E-state index contributed by atoms with van der Waals surface area (Å²) in [6, 6.07) is 18.0. The van der Waals surface area contributed by atoms with Crippen LogP contribution in [0.1, 0.15) is 16.8 Å². The molecule has 38 heavy (non-hydrogen) atoms. The van der Waals surface area contributed by atoms with Crippen LogP contribution >= 0.6 is 35.3 Å². The van der Waals surface area contributed by atoms with Crippen LogP contribution in [0.3, 0.4) is 0 Å². The molecule has 4 rings (SSSR count). The van der Waals surface area contributed by atoms with Crippen LogP contribution in [0.5, 0.6) is 5.75 Å². The van der Waals surface area contributed by atoms with Crippen molar-refractivity contribution in [1.82, 2.24) is 9.88 Å². The smallest absolute Gasteiger partial charge is 0.262 e. The minimum Gasteiger partial charge on any atom is -0.494 e. The van der Waals surface area contributed by atoms with E-state index in [0.29, 0.717) is 39.1 Å². The Labute approximate surface area is 237 Å². The largest absolute Gasteiger partial charge is 0.494 e. The average Bonchev–Trinajstić information content (AvgIpc) is 3.33. The molecule has 12 heteroatoms. The highest BCUT2D eigenvalue weighted by Gasteiger charge is 2.26. The Balaban J connectivity index is 0.00000400. The van der Waals surface area contributed by atoms with Crippen molar-refractivity contribution in [2.24, 2.45) is 0 Å². The predicted octanol–water partition coefficient (Wildman–Crippen LogP) is 5.78. The lowest BCUT2D eigenvalue weighted by Gasteiger charge is -2.22. The van der Waals surface area contributed by atoms with Gasteiger partial charge in [0, 0.05) is 6.54 Å². The third kappa shape index (κ3) is 6.57. The van der Waals surface area contributed by atoms with E-state index in [0.717, 1.165) is 6.54 Å². The summed E-state index contributed by atoms with van der Waals surface area (Å²) in [4.78, 5) is 22.4. The minimum atomic E-state index is -3.90. The lowest BCUT2D eigenvalue weighted by Crippen LogP contribution is -2.34. The first kappa shape index (κ1) is 29.7. The van der Waals surface area contributed by atoms with E-state index in [9.17, 15) is 13.2 Å². The highest BCUT2D eigenvalue weighted by atomic mass is 35.5. The van der Waals surface area contributed by atoms with Crippen molar-refractivity contribution in [3.63, 3.8) is 0 Å². The lowest BCUT2D eigenvalue weighted by molar-refractivity contribution is 0.0987. The molecular formula is C26H28Cl2N4O4S2. The maximum Gasteiger partial charge on any atom is 0.262 e. The second-order valence-electron chi connectivity index (χ2n) is 8.50. The Morgan fingerprint density at radius 2 is 1.71 bits per heavy atom. The number of nitrogens with one attached hydrogen (secondary N) is 1. The fraction of sp³-hybridized carbons (Fsp3) is 0.231. The molecule has 8 nitrogen and oxygen atoms in total. The number of nitrogens with zero attached hydrogens (tertiary/aromatic N) is 3. The van der Waals surface area contributed by atoms with Gasteiger partial charge in [-0.25, -0.2) is 13.4 Å². The standard InChI is InChI=1S/C26H27ClN4O4S2.ClH/c1-30(2)16-9-17-31(26-28-23-22(35-3)15-14-20(27)24(23)36-26)25(32)19-12-7-8-13-21(19)29-37(33,34)18-10-5-4-6-11-18;/h4-8,10-15,29H,9,16-17H2,1-3H3;1H. The van der Waals surface area contributed by atoms with Gasteiger partial charge in [-0.15, -0.1) is 12.4 Å². The number of halogens is 2. The van der Waals surface area contributed by atoms with Crippen molar-refractivity contribution in [2.75, 3.05) is 43.9 Å². The number of ether oxygens (including phenoxy) is 1. The SMILES string of the molecule is COc1ccc(Cl)c2sc(N(CCCN(C)C)C(=O)c3ccccc3NS(=O)(=O)c3ccccc3)nc12.Cl. The van der Waals surface area contributed by atoms with Gasteiger partial charge in [-0.1, -0.05) is 53.3 Å². The van der Waals surface area contributed by atoms with E-state index in [4.69, 9.17) is 21.3 Å². The zero-order valence-corrected chi connectivity index (χ0v) is 24.3. The van der Waals surface area contributed by atoms with E-state index >= 15 is 0 Å². The second-order valence-corrected chi connectivity index (χ2v) is 11.6. The molecule has 1 aromatic heterocycles. The molecule has 0 saturated heterocycles. The third-order valence-electron chi connectivity index (χ3n) is 5.59. The number of rotatable bonds is 10. The summed E-state index contributed by atoms with van der Waals surface area (Å²) in [6.45, 7) is 1.12. The van der Waals surface area contributed by atoms with Gasteiger partial charge in [0.1, 0.15) is 11.3 Å². The van der Waals surface area contributed by atoms with Crippen molar-refractivity contribution in [2.45, 2.75) is 11.3 Å². The van der Waals surface area contributed by atoms with E-state index in [2.05, 4.69) is 4.72 Å². The third-order valence-corrected chi connectivity index (χ3v) is 8.51. The van der Waals surface area contributed by atoms with Crippen molar-refractivity contribution in [3.05, 3.63) is 77.3 Å². The number of anilines is 2. The zero-order valence-electron chi connectivity index (χ0n) is 21.0. The fourth-order valence-corrected chi connectivity index (χ4v) is 6.14. The Morgan fingerprint density at radius 3 is 2.39 bits per heavy atom. The van der Waals surface area contributed by atoms with Gasteiger partial charge in [0.25, 0.3) is 15.9 Å². The molecule has 1 N–H and O–H groups in total. The Kier molecular flexibility index (Phi) is 9.97. The number of benzene rings is 3. The Morgan fingerprint density at radius 1 is 1.03 bits per heavy atom. The number of hydrogen-bond donors (Lipinski definition) is 1. The molecule has 0 fully saturated rings. The van der Waals surface area contributed by atoms with Crippen molar-refractivity contribution in [3.8, 4) is 5.75 Å². The maximum absolute atomic E-state index is 14.0. The molecule has 202 valence electrons. The highest BCUT2D eigenvalue weighted by Crippen LogP contribution is 2.39. The van der Waals surface area contributed by atoms with E-state index in [1.54, 1.807) is 66.6 Å². The van der Waals surface area contributed by atoms with Crippen LogP contribution in [-0.2, 0) is 10.0 Å². The average molecular weight is 596 g/mol. The maximum atomic E-state index is 14.0. The lowest BCUT2D eigenvalue weighted by atomic mass is 10.1. The predicted molar refractivity (Wildman–Crippen MR) is 157 cm³/mol. The molecule has 0 radical (unpaired) electrons. The fourth-order valence-electron chi connectivity index (χ4n) is 3.76. The van der Waals surface area contributed by atoms with Crippen LogP contribution in [0.4, 0.5) is 10.8 Å². The molecule has 3 aromatic carbocycles. The monoisotopic (exact) mass is 594 g/mol. The van der Waals surface area contributed by atoms with Gasteiger partial charge < -0.3 is 9.64 Å². The van der Waals surface area contributed by atoms with E-state index in [-0.39, 0.29) is 34.5 Å². The van der Waals surface area contributed by atoms with E-state index in [1.807, 2.05) is 19.0 Å². The van der Waals surface area contributed by atoms with Crippen LogP contribution in [0.25, 0.3) is 10.2 Å². The van der Waals surface area contributed by atoms with E-state index in [1.165, 1.54) is 23.5 Å². The first-order valence-corrected chi connectivity index (χ1v) is 14.2. The number of thiazole rings is 1. The van der Waals surface area contributed by atoms with Crippen LogP contribution in [0.2, 0.25) is 5.02 Å². The molecule has 1 heterocycles. The molecular weight excluding hydrogens is 567 g/mol. The number of carbonyl (C=O) groups excluding carboxylic acids is 1. The summed E-state index contributed by atoms with van der Waals surface area (Å²) in [7, 11) is 1.58. The van der Waals surface area contributed by atoms with E-state index < -0.39 is 10.0 Å². The van der Waals surface area contributed by atoms with Crippen molar-refractivity contribution < 1.29 is 17.9 Å². The molecule has 0 aliphatic rings. The number of para-hydroxylation sites is 1. The number of fused-ring (bicyclic) bond motifs is 1. The molecule has 0 spiro atoms. The molecule has 1 amide bonds. The molecule has 0 aliphatic carbocycles. The first-order chi connectivity index (χ1) is 17.7. The number of amides is 1. The number of aromatic nitrogens is 1. The van der Waals surface area contributed by atoms with Crippen molar-refractivity contribution >= 4 is 72.3 Å². The van der Waals surface area contributed by atoms with Crippen LogP contribution in [0.15, 0.2) is 71.6 Å². The van der Waals surface area contributed by atoms with Gasteiger partial charge in [0.15, 0.2) is 5.13 Å². The van der Waals surface area contributed by atoms with Crippen LogP contribution < -0.4 is 14.4 Å². The summed E-state index contributed by atoms with van der Waals surface area (Å²) in [5.41, 5.74) is 0.966.